The minimum absolute atomic E-state index is 0.144. The second kappa shape index (κ2) is 8.88. The molecule has 3 aromatic carbocycles. The number of fused-ring (bicyclic) bond motifs is 1. The molecule has 34 heavy (non-hydrogen) atoms. The number of carbonyl (C=O) groups is 1. The SMILES string of the molecule is Cc1ccc(S(=O)(=O)N2C[C@@H](C(=O)Nc3nnc(-c4ccccc4)s3)Oc3ccccc32)cc1. The Morgan fingerprint density at radius 3 is 2.47 bits per heavy atom. The van der Waals surface area contributed by atoms with Gasteiger partial charge in [0.15, 0.2) is 6.10 Å². The lowest BCUT2D eigenvalue weighted by molar-refractivity contribution is -0.122. The van der Waals surface area contributed by atoms with Crippen LogP contribution in [0.5, 0.6) is 5.75 Å². The van der Waals surface area contributed by atoms with Crippen LogP contribution in [0, 0.1) is 6.92 Å². The van der Waals surface area contributed by atoms with Crippen molar-refractivity contribution >= 4 is 38.1 Å². The Labute approximate surface area is 200 Å². The van der Waals surface area contributed by atoms with Crippen LogP contribution < -0.4 is 14.4 Å². The molecule has 0 radical (unpaired) electrons. The van der Waals surface area contributed by atoms with E-state index in [0.717, 1.165) is 11.1 Å². The maximum Gasteiger partial charge on any atom is 0.269 e. The zero-order valence-electron chi connectivity index (χ0n) is 18.1. The predicted octanol–water partition coefficient (Wildman–Crippen LogP) is 4.11. The number of nitrogens with one attached hydrogen (secondary N) is 1. The van der Waals surface area contributed by atoms with E-state index in [1.807, 2.05) is 37.3 Å². The molecule has 172 valence electrons. The van der Waals surface area contributed by atoms with Crippen molar-refractivity contribution in [3.63, 3.8) is 0 Å². The maximum absolute atomic E-state index is 13.5. The highest BCUT2D eigenvalue weighted by Crippen LogP contribution is 2.37. The van der Waals surface area contributed by atoms with Gasteiger partial charge in [0.25, 0.3) is 15.9 Å². The van der Waals surface area contributed by atoms with Crippen LogP contribution in [-0.4, -0.2) is 37.2 Å². The van der Waals surface area contributed by atoms with E-state index in [1.165, 1.54) is 15.6 Å². The number of carbonyl (C=O) groups excluding carboxylic acids is 1. The molecule has 1 aliphatic rings. The first-order valence-corrected chi connectivity index (χ1v) is 12.7. The van der Waals surface area contributed by atoms with Crippen LogP contribution in [0.4, 0.5) is 10.8 Å². The lowest BCUT2D eigenvalue weighted by Crippen LogP contribution is -2.48. The zero-order valence-corrected chi connectivity index (χ0v) is 19.7. The summed E-state index contributed by atoms with van der Waals surface area (Å²) in [6, 6.07) is 22.9. The Kier molecular flexibility index (Phi) is 5.76. The quantitative estimate of drug-likeness (QED) is 0.450. The Morgan fingerprint density at radius 2 is 1.71 bits per heavy atom. The number of aryl methyl sites for hydroxylation is 1. The van der Waals surface area contributed by atoms with Gasteiger partial charge in [-0.05, 0) is 31.2 Å². The highest BCUT2D eigenvalue weighted by Gasteiger charge is 2.37. The highest BCUT2D eigenvalue weighted by atomic mass is 32.2. The van der Waals surface area contributed by atoms with E-state index in [2.05, 4.69) is 15.5 Å². The summed E-state index contributed by atoms with van der Waals surface area (Å²) in [4.78, 5) is 13.2. The zero-order chi connectivity index (χ0) is 23.7. The molecule has 0 unspecified atom stereocenters. The average molecular weight is 493 g/mol. The van der Waals surface area contributed by atoms with Crippen molar-refractivity contribution in [3.8, 4) is 16.3 Å². The van der Waals surface area contributed by atoms with Crippen LogP contribution >= 0.6 is 11.3 Å². The molecule has 4 aromatic rings. The molecule has 1 amide bonds. The normalized spacial score (nSPS) is 15.3. The number of ether oxygens (including phenoxy) is 1. The first-order valence-electron chi connectivity index (χ1n) is 10.5. The molecule has 8 nitrogen and oxygen atoms in total. The summed E-state index contributed by atoms with van der Waals surface area (Å²) in [5.74, 6) is -0.193. The number of hydrogen-bond donors (Lipinski definition) is 1. The van der Waals surface area contributed by atoms with Gasteiger partial charge in [-0.2, -0.15) is 0 Å². The molecule has 2 heterocycles. The predicted molar refractivity (Wildman–Crippen MR) is 131 cm³/mol. The van der Waals surface area contributed by atoms with Gasteiger partial charge in [-0.1, -0.05) is 71.5 Å². The van der Waals surface area contributed by atoms with E-state index >= 15 is 0 Å². The number of rotatable bonds is 5. The molecule has 1 N–H and O–H groups in total. The monoisotopic (exact) mass is 492 g/mol. The second-order valence-electron chi connectivity index (χ2n) is 7.69. The van der Waals surface area contributed by atoms with E-state index in [-0.39, 0.29) is 11.4 Å². The summed E-state index contributed by atoms with van der Waals surface area (Å²) >= 11 is 1.23. The van der Waals surface area contributed by atoms with Crippen LogP contribution in [0.2, 0.25) is 0 Å². The topological polar surface area (TPSA) is 101 Å². The van der Waals surface area contributed by atoms with Crippen molar-refractivity contribution in [2.45, 2.75) is 17.9 Å². The molecule has 0 saturated heterocycles. The summed E-state index contributed by atoms with van der Waals surface area (Å²) in [5, 5.41) is 11.9. The minimum Gasteiger partial charge on any atom is -0.476 e. The Balaban J connectivity index is 1.41. The summed E-state index contributed by atoms with van der Waals surface area (Å²) in [6.07, 6.45) is -1.07. The number of para-hydroxylation sites is 2. The van der Waals surface area contributed by atoms with Gasteiger partial charge in [-0.15, -0.1) is 10.2 Å². The number of amides is 1. The number of anilines is 2. The molecule has 0 saturated carbocycles. The smallest absolute Gasteiger partial charge is 0.269 e. The molecule has 1 aromatic heterocycles. The number of aromatic nitrogens is 2. The summed E-state index contributed by atoms with van der Waals surface area (Å²) in [5.41, 5.74) is 2.22. The Bertz CT molecular complexity index is 1440. The first-order chi connectivity index (χ1) is 16.4. The number of hydrogen-bond acceptors (Lipinski definition) is 7. The lowest BCUT2D eigenvalue weighted by Gasteiger charge is -2.34. The van der Waals surface area contributed by atoms with E-state index in [4.69, 9.17) is 4.74 Å². The van der Waals surface area contributed by atoms with E-state index in [1.54, 1.807) is 48.5 Å². The fourth-order valence-corrected chi connectivity index (χ4v) is 5.79. The summed E-state index contributed by atoms with van der Waals surface area (Å²) in [7, 11) is -3.92. The fourth-order valence-electron chi connectivity index (χ4n) is 3.56. The van der Waals surface area contributed by atoms with Crippen molar-refractivity contribution in [3.05, 3.63) is 84.4 Å². The van der Waals surface area contributed by atoms with E-state index in [0.29, 0.717) is 21.6 Å². The van der Waals surface area contributed by atoms with Crippen LogP contribution in [-0.2, 0) is 14.8 Å². The van der Waals surface area contributed by atoms with Gasteiger partial charge in [0.05, 0.1) is 17.1 Å². The molecule has 0 bridgehead atoms. The molecule has 0 fully saturated rings. The standard InChI is InChI=1S/C24H20N4O4S2/c1-16-11-13-18(14-12-16)34(30,31)28-15-21(32-20-10-6-5-9-19(20)28)22(29)25-24-27-26-23(33-24)17-7-3-2-4-8-17/h2-14,21H,15H2,1H3,(H,25,27,29)/t21-/m0/s1. The summed E-state index contributed by atoms with van der Waals surface area (Å²) in [6.45, 7) is 1.71. The van der Waals surface area contributed by atoms with Crippen LogP contribution in [0.25, 0.3) is 10.6 Å². The van der Waals surface area contributed by atoms with Crippen molar-refractivity contribution in [2.75, 3.05) is 16.2 Å². The second-order valence-corrected chi connectivity index (χ2v) is 10.5. The van der Waals surface area contributed by atoms with Crippen LogP contribution in [0.1, 0.15) is 5.56 Å². The maximum atomic E-state index is 13.5. The third kappa shape index (κ3) is 4.25. The Hall–Kier alpha value is -3.76. The van der Waals surface area contributed by atoms with Gasteiger partial charge in [0.1, 0.15) is 10.8 Å². The number of sulfonamides is 1. The summed E-state index contributed by atoms with van der Waals surface area (Å²) < 4.78 is 34.0. The molecule has 0 spiro atoms. The fraction of sp³-hybridized carbons (Fsp3) is 0.125. The first kappa shape index (κ1) is 22.1. The van der Waals surface area contributed by atoms with Gasteiger partial charge in [-0.25, -0.2) is 8.42 Å². The van der Waals surface area contributed by atoms with E-state index < -0.39 is 22.0 Å². The van der Waals surface area contributed by atoms with Gasteiger partial charge in [0, 0.05) is 5.56 Å². The van der Waals surface area contributed by atoms with E-state index in [9.17, 15) is 13.2 Å². The van der Waals surface area contributed by atoms with Crippen molar-refractivity contribution in [1.82, 2.24) is 10.2 Å². The highest BCUT2D eigenvalue weighted by molar-refractivity contribution is 7.92. The number of benzene rings is 3. The van der Waals surface area contributed by atoms with Gasteiger partial charge < -0.3 is 4.74 Å². The molecule has 1 aliphatic heterocycles. The average Bonchev–Trinajstić information content (AvgIpc) is 3.32. The largest absolute Gasteiger partial charge is 0.476 e. The molecular weight excluding hydrogens is 472 g/mol. The number of nitrogens with zero attached hydrogens (tertiary/aromatic N) is 3. The molecule has 5 rings (SSSR count). The van der Waals surface area contributed by atoms with Gasteiger partial charge in [0.2, 0.25) is 5.13 Å². The molecule has 1 atom stereocenters. The van der Waals surface area contributed by atoms with Crippen LogP contribution in [0.15, 0.2) is 83.8 Å². The third-order valence-corrected chi connectivity index (χ3v) is 7.99. The van der Waals surface area contributed by atoms with Gasteiger partial charge in [-0.3, -0.25) is 14.4 Å². The molecule has 0 aliphatic carbocycles. The minimum atomic E-state index is -3.92. The van der Waals surface area contributed by atoms with Gasteiger partial charge >= 0.3 is 0 Å². The lowest BCUT2D eigenvalue weighted by atomic mass is 10.2. The van der Waals surface area contributed by atoms with Crippen molar-refractivity contribution in [1.29, 1.82) is 0 Å². The molecule has 10 heteroatoms. The molecular formula is C24H20N4O4S2. The Morgan fingerprint density at radius 1 is 1.00 bits per heavy atom. The van der Waals surface area contributed by atoms with Crippen molar-refractivity contribution in [2.24, 2.45) is 0 Å². The third-order valence-electron chi connectivity index (χ3n) is 5.31. The van der Waals surface area contributed by atoms with Crippen LogP contribution in [0.3, 0.4) is 0 Å². The van der Waals surface area contributed by atoms with Crippen molar-refractivity contribution < 1.29 is 17.9 Å².